The summed E-state index contributed by atoms with van der Waals surface area (Å²) in [6, 6.07) is 1.78. The molecule has 106 valence electrons. The van der Waals surface area contributed by atoms with Crippen LogP contribution in [0.15, 0.2) is 14.7 Å². The largest absolute Gasteiger partial charge is 0.333 e. The minimum absolute atomic E-state index is 0.0391. The Hall–Kier alpha value is -2.41. The highest BCUT2D eigenvalue weighted by Gasteiger charge is 2.23. The van der Waals surface area contributed by atoms with E-state index in [4.69, 9.17) is 5.26 Å². The molecule has 2 heterocycles. The number of hydrogen-bond acceptors (Lipinski definition) is 6. The van der Waals surface area contributed by atoms with E-state index < -0.39 is 21.1 Å². The lowest BCUT2D eigenvalue weighted by Gasteiger charge is -2.04. The van der Waals surface area contributed by atoms with E-state index in [1.165, 1.54) is 14.1 Å². The zero-order chi connectivity index (χ0) is 15.2. The number of imidazole rings is 1. The first-order valence-electron chi connectivity index (χ1n) is 5.43. The highest BCUT2D eigenvalue weighted by molar-refractivity contribution is 7.90. The second-order valence-electron chi connectivity index (χ2n) is 4.29. The van der Waals surface area contributed by atoms with Crippen molar-refractivity contribution in [3.05, 3.63) is 20.8 Å². The average Bonchev–Trinajstić information content (AvgIpc) is 2.69. The van der Waals surface area contributed by atoms with E-state index >= 15 is 0 Å². The van der Waals surface area contributed by atoms with E-state index in [0.29, 0.717) is 0 Å². The monoisotopic (exact) mass is 297 g/mol. The highest BCUT2D eigenvalue weighted by atomic mass is 32.2. The van der Waals surface area contributed by atoms with Gasteiger partial charge in [-0.15, -0.1) is 0 Å². The Balaban J connectivity index is 3.15. The Bertz CT molecular complexity index is 970. The molecule has 10 heteroatoms. The van der Waals surface area contributed by atoms with Gasteiger partial charge in [-0.3, -0.25) is 13.9 Å². The SMILES string of the molecule is Cn1c(=O)c2c(nc(S(C)(=O)=O)n2C)n(CC#N)c1=O. The van der Waals surface area contributed by atoms with Crippen LogP contribution >= 0.6 is 0 Å². The Morgan fingerprint density at radius 1 is 1.25 bits per heavy atom. The maximum atomic E-state index is 12.1. The zero-order valence-electron chi connectivity index (χ0n) is 11.0. The van der Waals surface area contributed by atoms with Crippen LogP contribution in [0.2, 0.25) is 0 Å². The third kappa shape index (κ3) is 1.83. The van der Waals surface area contributed by atoms with Crippen molar-refractivity contribution in [3.8, 4) is 6.07 Å². The summed E-state index contributed by atoms with van der Waals surface area (Å²) in [5.74, 6) is 0. The standard InChI is InChI=1S/C10H11N5O4S/c1-13-6-7(12-9(13)20(3,18)19)15(5-4-11)10(17)14(2)8(6)16/h5H2,1-3H3. The summed E-state index contributed by atoms with van der Waals surface area (Å²) < 4.78 is 26.1. The van der Waals surface area contributed by atoms with Crippen LogP contribution < -0.4 is 11.2 Å². The van der Waals surface area contributed by atoms with E-state index in [2.05, 4.69) is 4.98 Å². The molecule has 0 bridgehead atoms. The van der Waals surface area contributed by atoms with Crippen molar-refractivity contribution in [2.75, 3.05) is 6.26 Å². The third-order valence-electron chi connectivity index (χ3n) is 2.88. The van der Waals surface area contributed by atoms with Gasteiger partial charge in [0.15, 0.2) is 11.2 Å². The molecular weight excluding hydrogens is 286 g/mol. The maximum absolute atomic E-state index is 12.1. The first kappa shape index (κ1) is 14.0. The number of sulfone groups is 1. The van der Waals surface area contributed by atoms with Gasteiger partial charge in [0.25, 0.3) is 5.56 Å². The van der Waals surface area contributed by atoms with Gasteiger partial charge in [-0.25, -0.2) is 13.2 Å². The molecule has 0 aliphatic rings. The molecule has 9 nitrogen and oxygen atoms in total. The van der Waals surface area contributed by atoms with Crippen LogP contribution in [0.5, 0.6) is 0 Å². The number of aryl methyl sites for hydroxylation is 1. The molecule has 2 aromatic rings. The lowest BCUT2D eigenvalue weighted by Crippen LogP contribution is -2.38. The smallest absolute Gasteiger partial charge is 0.312 e. The second kappa shape index (κ2) is 4.31. The van der Waals surface area contributed by atoms with Crippen molar-refractivity contribution in [1.82, 2.24) is 18.7 Å². The molecule has 0 amide bonds. The molecule has 2 aromatic heterocycles. The summed E-state index contributed by atoms with van der Waals surface area (Å²) in [6.07, 6.45) is 0.950. The summed E-state index contributed by atoms with van der Waals surface area (Å²) >= 11 is 0. The summed E-state index contributed by atoms with van der Waals surface area (Å²) in [5, 5.41) is 8.42. The number of rotatable bonds is 2. The lowest BCUT2D eigenvalue weighted by molar-refractivity contribution is 0.586. The fourth-order valence-corrected chi connectivity index (χ4v) is 2.79. The molecule has 0 aliphatic carbocycles. The number of aromatic nitrogens is 4. The predicted octanol–water partition coefficient (Wildman–Crippen LogP) is -1.64. The van der Waals surface area contributed by atoms with Gasteiger partial charge in [0.05, 0.1) is 6.07 Å². The molecule has 2 rings (SSSR count). The van der Waals surface area contributed by atoms with Crippen molar-refractivity contribution in [1.29, 1.82) is 5.26 Å². The summed E-state index contributed by atoms with van der Waals surface area (Å²) in [4.78, 5) is 27.9. The van der Waals surface area contributed by atoms with E-state index in [1.54, 1.807) is 6.07 Å². The molecule has 0 fully saturated rings. The Kier molecular flexibility index (Phi) is 3.02. The van der Waals surface area contributed by atoms with Gasteiger partial charge >= 0.3 is 5.69 Å². The van der Waals surface area contributed by atoms with E-state index in [9.17, 15) is 18.0 Å². The van der Waals surface area contributed by atoms with Gasteiger partial charge in [0, 0.05) is 20.4 Å². The minimum atomic E-state index is -3.66. The second-order valence-corrected chi connectivity index (χ2v) is 6.20. The molecule has 0 aliphatic heterocycles. The summed E-state index contributed by atoms with van der Waals surface area (Å²) in [7, 11) is -1.04. The first-order valence-corrected chi connectivity index (χ1v) is 7.32. The molecule has 0 spiro atoms. The van der Waals surface area contributed by atoms with E-state index in [-0.39, 0.29) is 22.9 Å². The predicted molar refractivity (Wildman–Crippen MR) is 68.9 cm³/mol. The number of fused-ring (bicyclic) bond motifs is 1. The van der Waals surface area contributed by atoms with Crippen LogP contribution in [0.25, 0.3) is 11.2 Å². The van der Waals surface area contributed by atoms with Crippen LogP contribution in [0.3, 0.4) is 0 Å². The molecule has 20 heavy (non-hydrogen) atoms. The fourth-order valence-electron chi connectivity index (χ4n) is 1.95. The van der Waals surface area contributed by atoms with Crippen molar-refractivity contribution in [2.24, 2.45) is 14.1 Å². The van der Waals surface area contributed by atoms with Crippen LogP contribution in [-0.4, -0.2) is 33.4 Å². The van der Waals surface area contributed by atoms with Crippen LogP contribution in [0.4, 0.5) is 0 Å². The van der Waals surface area contributed by atoms with E-state index in [0.717, 1.165) is 20.0 Å². The van der Waals surface area contributed by atoms with Gasteiger partial charge in [0.1, 0.15) is 6.54 Å². The number of nitrogens with zero attached hydrogens (tertiary/aromatic N) is 5. The Morgan fingerprint density at radius 2 is 1.85 bits per heavy atom. The van der Waals surface area contributed by atoms with Crippen molar-refractivity contribution in [3.63, 3.8) is 0 Å². The minimum Gasteiger partial charge on any atom is -0.312 e. The van der Waals surface area contributed by atoms with Gasteiger partial charge in [0.2, 0.25) is 15.0 Å². The summed E-state index contributed by atoms with van der Waals surface area (Å²) in [6.45, 7) is -0.330. The molecule has 0 unspecified atom stereocenters. The van der Waals surface area contributed by atoms with Crippen molar-refractivity contribution >= 4 is 21.0 Å². The van der Waals surface area contributed by atoms with E-state index in [1.807, 2.05) is 0 Å². The van der Waals surface area contributed by atoms with Crippen molar-refractivity contribution in [2.45, 2.75) is 11.7 Å². The molecule has 0 N–H and O–H groups in total. The van der Waals surface area contributed by atoms with Gasteiger partial charge in [-0.1, -0.05) is 0 Å². The topological polar surface area (TPSA) is 120 Å². The zero-order valence-corrected chi connectivity index (χ0v) is 11.8. The third-order valence-corrected chi connectivity index (χ3v) is 3.91. The summed E-state index contributed by atoms with van der Waals surface area (Å²) in [5.41, 5.74) is -1.53. The highest BCUT2D eigenvalue weighted by Crippen LogP contribution is 2.13. The molecular formula is C10H11N5O4S. The average molecular weight is 297 g/mol. The first-order chi connectivity index (χ1) is 9.20. The molecule has 0 radical (unpaired) electrons. The Labute approximate surface area is 113 Å². The fraction of sp³-hybridized carbons (Fsp3) is 0.400. The normalized spacial score (nSPS) is 11.7. The van der Waals surface area contributed by atoms with Crippen LogP contribution in [-0.2, 0) is 30.5 Å². The molecule has 0 atom stereocenters. The van der Waals surface area contributed by atoms with Gasteiger partial charge in [-0.05, 0) is 0 Å². The van der Waals surface area contributed by atoms with Gasteiger partial charge in [-0.2, -0.15) is 10.2 Å². The maximum Gasteiger partial charge on any atom is 0.333 e. The number of nitriles is 1. The van der Waals surface area contributed by atoms with Crippen LogP contribution in [0, 0.1) is 11.3 Å². The lowest BCUT2D eigenvalue weighted by atomic mass is 10.5. The van der Waals surface area contributed by atoms with Crippen LogP contribution in [0.1, 0.15) is 0 Å². The number of hydrogen-bond donors (Lipinski definition) is 0. The van der Waals surface area contributed by atoms with Gasteiger partial charge < -0.3 is 4.57 Å². The molecule has 0 saturated carbocycles. The Morgan fingerprint density at radius 3 is 2.35 bits per heavy atom. The quantitative estimate of drug-likeness (QED) is 0.655. The molecule has 0 aromatic carbocycles. The van der Waals surface area contributed by atoms with Crippen molar-refractivity contribution < 1.29 is 8.42 Å². The molecule has 0 saturated heterocycles.